The van der Waals surface area contributed by atoms with Gasteiger partial charge in [-0.25, -0.2) is 0 Å². The van der Waals surface area contributed by atoms with E-state index in [9.17, 15) is 0 Å². The molecule has 8 aromatic rings. The second-order valence-corrected chi connectivity index (χ2v) is 12.2. The number of aromatic nitrogens is 3. The zero-order valence-electron chi connectivity index (χ0n) is 31.6. The molecule has 54 heavy (non-hydrogen) atoms. The maximum Gasteiger partial charge on any atom is 0.121 e. The number of hydrogen-bond acceptors (Lipinski definition) is 7. The summed E-state index contributed by atoms with van der Waals surface area (Å²) in [6.07, 6.45) is 4.26. The maximum absolute atomic E-state index is 6.20. The lowest BCUT2D eigenvalue weighted by Crippen LogP contribution is -1.99. The van der Waals surface area contributed by atoms with Crippen molar-refractivity contribution in [3.05, 3.63) is 156 Å². The molecular formula is C46H44N8. The summed E-state index contributed by atoms with van der Waals surface area (Å²) in [5.41, 5.74) is 16.8. The van der Waals surface area contributed by atoms with Gasteiger partial charge in [-0.2, -0.15) is 20.1 Å². The second-order valence-electron chi connectivity index (χ2n) is 12.2. The fourth-order valence-electron chi connectivity index (χ4n) is 6.02. The number of azo groups is 2. The highest BCUT2D eigenvalue weighted by Gasteiger charge is 2.10. The molecule has 0 fully saturated rings. The van der Waals surface area contributed by atoms with Crippen LogP contribution in [0.2, 0.25) is 0 Å². The van der Waals surface area contributed by atoms with Crippen LogP contribution in [0.5, 0.6) is 0 Å². The number of rotatable bonds is 7. The Kier molecular flexibility index (Phi) is 11.7. The topological polar surface area (TPSA) is 106 Å². The average Bonchev–Trinajstić information content (AvgIpc) is 3.67. The Hall–Kier alpha value is -6.80. The van der Waals surface area contributed by atoms with E-state index in [0.717, 1.165) is 71.9 Å². The maximum atomic E-state index is 6.20. The summed E-state index contributed by atoms with van der Waals surface area (Å²) in [6, 6.07) is 44.0. The number of nitrogens with zero attached hydrogens (tertiary/aromatic N) is 7. The minimum Gasteiger partial charge on any atom is -0.397 e. The fourth-order valence-corrected chi connectivity index (χ4v) is 6.02. The molecule has 0 aliphatic rings. The predicted molar refractivity (Wildman–Crippen MR) is 227 cm³/mol. The quantitative estimate of drug-likeness (QED) is 0.101. The van der Waals surface area contributed by atoms with Crippen molar-refractivity contribution in [2.45, 2.75) is 41.5 Å². The minimum absolute atomic E-state index is 0.589. The van der Waals surface area contributed by atoms with Gasteiger partial charge in [0.1, 0.15) is 16.7 Å². The van der Waals surface area contributed by atoms with Gasteiger partial charge < -0.3 is 5.73 Å². The summed E-state index contributed by atoms with van der Waals surface area (Å²) in [6.45, 7) is 12.2. The third kappa shape index (κ3) is 8.13. The normalized spacial score (nSPS) is 11.4. The molecule has 0 bridgehead atoms. The summed E-state index contributed by atoms with van der Waals surface area (Å²) < 4.78 is 0. The molecule has 0 atom stereocenters. The van der Waals surface area contributed by atoms with Crippen molar-refractivity contribution in [2.75, 3.05) is 5.73 Å². The van der Waals surface area contributed by atoms with Gasteiger partial charge in [0.25, 0.3) is 0 Å². The Morgan fingerprint density at radius 3 is 1.72 bits per heavy atom. The molecule has 2 N–H and O–H groups in total. The Labute approximate surface area is 316 Å². The van der Waals surface area contributed by atoms with E-state index in [0.29, 0.717) is 17.1 Å². The van der Waals surface area contributed by atoms with Gasteiger partial charge in [0.15, 0.2) is 0 Å². The molecule has 0 amide bonds. The summed E-state index contributed by atoms with van der Waals surface area (Å²) in [4.78, 5) is 1.72. The number of hydrogen-bond donors (Lipinski definition) is 1. The van der Waals surface area contributed by atoms with Gasteiger partial charge in [0.2, 0.25) is 0 Å². The third-order valence-corrected chi connectivity index (χ3v) is 8.78. The van der Waals surface area contributed by atoms with Crippen LogP contribution in [0.1, 0.15) is 49.9 Å². The molecule has 8 nitrogen and oxygen atoms in total. The van der Waals surface area contributed by atoms with Gasteiger partial charge in [0.05, 0.1) is 28.4 Å². The van der Waals surface area contributed by atoms with Crippen LogP contribution in [0.4, 0.5) is 28.4 Å². The SMILES string of the molecule is CC.CC.Cc1cc(N=Nc2ccc(N=Nc3c(N)ccc4ccccc34)cc2)ccc1C=Cc1ccc(-n2nc3ccc4ccccc4c3n2)cc1C. The molecule has 7 aromatic carbocycles. The van der Waals surface area contributed by atoms with E-state index in [1.165, 1.54) is 0 Å². The van der Waals surface area contributed by atoms with Crippen molar-refractivity contribution in [3.63, 3.8) is 0 Å². The van der Waals surface area contributed by atoms with Crippen LogP contribution >= 0.6 is 0 Å². The Morgan fingerprint density at radius 2 is 1.06 bits per heavy atom. The van der Waals surface area contributed by atoms with Crippen molar-refractivity contribution < 1.29 is 0 Å². The highest BCUT2D eigenvalue weighted by molar-refractivity contribution is 6.03. The molecule has 0 saturated carbocycles. The van der Waals surface area contributed by atoms with Gasteiger partial charge in [-0.05, 0) is 108 Å². The van der Waals surface area contributed by atoms with E-state index in [2.05, 4.69) is 88.9 Å². The van der Waals surface area contributed by atoms with E-state index >= 15 is 0 Å². The Balaban J connectivity index is 0.00000120. The number of nitrogens with two attached hydrogens (primary N) is 1. The monoisotopic (exact) mass is 708 g/mol. The lowest BCUT2D eigenvalue weighted by Gasteiger charge is -2.06. The first-order chi connectivity index (χ1) is 26.5. The minimum atomic E-state index is 0.589. The Bertz CT molecular complexity index is 2630. The van der Waals surface area contributed by atoms with E-state index in [4.69, 9.17) is 15.9 Å². The molecule has 1 heterocycles. The summed E-state index contributed by atoms with van der Waals surface area (Å²) >= 11 is 0. The molecule has 268 valence electrons. The molecule has 8 heteroatoms. The van der Waals surface area contributed by atoms with Crippen LogP contribution in [0.25, 0.3) is 50.4 Å². The van der Waals surface area contributed by atoms with Gasteiger partial charge in [-0.1, -0.05) is 113 Å². The van der Waals surface area contributed by atoms with Gasteiger partial charge >= 0.3 is 0 Å². The van der Waals surface area contributed by atoms with E-state index in [-0.39, 0.29) is 0 Å². The molecule has 8 rings (SSSR count). The van der Waals surface area contributed by atoms with Crippen molar-refractivity contribution in [1.82, 2.24) is 15.0 Å². The lowest BCUT2D eigenvalue weighted by molar-refractivity contribution is 0.765. The first-order valence-electron chi connectivity index (χ1n) is 18.3. The van der Waals surface area contributed by atoms with Crippen molar-refractivity contribution in [3.8, 4) is 5.69 Å². The molecule has 0 unspecified atom stereocenters. The molecular weight excluding hydrogens is 665 g/mol. The van der Waals surface area contributed by atoms with E-state index in [1.807, 2.05) is 119 Å². The van der Waals surface area contributed by atoms with Crippen LogP contribution in [0, 0.1) is 13.8 Å². The van der Waals surface area contributed by atoms with Crippen LogP contribution in [-0.4, -0.2) is 15.0 Å². The summed E-state index contributed by atoms with van der Waals surface area (Å²) in [7, 11) is 0. The number of nitrogen functional groups attached to an aromatic ring is 1. The van der Waals surface area contributed by atoms with Crippen molar-refractivity contribution in [2.24, 2.45) is 20.5 Å². The first-order valence-corrected chi connectivity index (χ1v) is 18.3. The molecule has 0 saturated heterocycles. The molecule has 0 radical (unpaired) electrons. The molecule has 1 aromatic heterocycles. The van der Waals surface area contributed by atoms with Crippen LogP contribution in [0.3, 0.4) is 0 Å². The molecule has 0 spiro atoms. The molecule has 0 aliphatic heterocycles. The van der Waals surface area contributed by atoms with E-state index < -0.39 is 0 Å². The number of fused-ring (bicyclic) bond motifs is 4. The Morgan fingerprint density at radius 1 is 0.519 bits per heavy atom. The van der Waals surface area contributed by atoms with E-state index in [1.54, 1.807) is 4.80 Å². The largest absolute Gasteiger partial charge is 0.397 e. The zero-order valence-corrected chi connectivity index (χ0v) is 31.6. The highest BCUT2D eigenvalue weighted by atomic mass is 15.5. The third-order valence-electron chi connectivity index (χ3n) is 8.78. The molecule has 0 aliphatic carbocycles. The fraction of sp³-hybridized carbons (Fsp3) is 0.130. The second kappa shape index (κ2) is 17.1. The highest BCUT2D eigenvalue weighted by Crippen LogP contribution is 2.34. The summed E-state index contributed by atoms with van der Waals surface area (Å²) in [5.74, 6) is 0. The van der Waals surface area contributed by atoms with Gasteiger partial charge in [-0.3, -0.25) is 0 Å². The van der Waals surface area contributed by atoms with Gasteiger partial charge in [-0.15, -0.1) is 15.3 Å². The van der Waals surface area contributed by atoms with Crippen LogP contribution in [-0.2, 0) is 0 Å². The van der Waals surface area contributed by atoms with Crippen LogP contribution < -0.4 is 5.73 Å². The number of benzene rings is 7. The smallest absolute Gasteiger partial charge is 0.121 e. The first kappa shape index (κ1) is 37.0. The average molecular weight is 709 g/mol. The summed E-state index contributed by atoms with van der Waals surface area (Å²) in [5, 5.41) is 31.6. The zero-order chi connectivity index (χ0) is 38.0. The van der Waals surface area contributed by atoms with Crippen molar-refractivity contribution >= 4 is 73.2 Å². The van der Waals surface area contributed by atoms with Crippen LogP contribution in [0.15, 0.2) is 154 Å². The predicted octanol–water partition coefficient (Wildman–Crippen LogP) is 14.0. The van der Waals surface area contributed by atoms with Gasteiger partial charge in [0, 0.05) is 10.8 Å². The standard InChI is InChI=1S/C42H32N8.2C2H6/c1-27-25-35(46-44-33-18-20-34(21-19-33)45-47-41-37-9-5-3-7-31(37)15-23-39(41)43)17-13-29(27)11-12-30-14-22-36(26-28(30)2)50-48-40-24-16-32-8-4-6-10-38(32)42(40)49-50;2*1-2/h3-26H,43H2,1-2H3;2*1-2H3. The van der Waals surface area contributed by atoms with Crippen molar-refractivity contribution in [1.29, 1.82) is 0 Å². The number of aryl methyl sites for hydroxylation is 2. The number of anilines is 1. The lowest BCUT2D eigenvalue weighted by atomic mass is 10.0.